The number of anilines is 2. The lowest BCUT2D eigenvalue weighted by Crippen LogP contribution is -2.52. The number of benzene rings is 1. The molecule has 4 saturated carbocycles. The Labute approximate surface area is 194 Å². The minimum Gasteiger partial charge on any atom is -0.397 e. The molecule has 8 unspecified atom stereocenters. The molecular weight excluding hydrogens is 394 g/mol. The highest BCUT2D eigenvalue weighted by atomic mass is 16.1. The second-order valence-electron chi connectivity index (χ2n) is 12.1. The number of fused-ring (bicyclic) bond motifs is 5. The molecule has 0 saturated heterocycles. The third kappa shape index (κ3) is 3.48. The van der Waals surface area contributed by atoms with Crippen LogP contribution < -0.4 is 16.6 Å². The van der Waals surface area contributed by atoms with Gasteiger partial charge in [-0.05, 0) is 111 Å². The summed E-state index contributed by atoms with van der Waals surface area (Å²) in [4.78, 5) is 13.8. The molecule has 176 valence electrons. The maximum Gasteiger partial charge on any atom is 0.160 e. The van der Waals surface area contributed by atoms with Crippen molar-refractivity contribution in [2.45, 2.75) is 84.6 Å². The van der Waals surface area contributed by atoms with Crippen LogP contribution in [0.25, 0.3) is 0 Å². The molecule has 9 atom stereocenters. The van der Waals surface area contributed by atoms with Crippen molar-refractivity contribution in [2.24, 2.45) is 52.7 Å². The Kier molecular flexibility index (Phi) is 5.80. The molecule has 0 aromatic heterocycles. The van der Waals surface area contributed by atoms with Crippen molar-refractivity contribution in [3.05, 3.63) is 24.3 Å². The van der Waals surface area contributed by atoms with Crippen LogP contribution in [0.5, 0.6) is 0 Å². The number of carbonyl (C=O) groups is 1. The summed E-state index contributed by atoms with van der Waals surface area (Å²) in [7, 11) is 0. The van der Waals surface area contributed by atoms with Crippen LogP contribution in [0.1, 0.15) is 78.6 Å². The fourth-order valence-corrected chi connectivity index (χ4v) is 8.91. The molecule has 4 aliphatic rings. The molecule has 1 aromatic carbocycles. The van der Waals surface area contributed by atoms with E-state index in [1.165, 1.54) is 51.4 Å². The van der Waals surface area contributed by atoms with Gasteiger partial charge in [0.1, 0.15) is 6.04 Å². The molecule has 4 N–H and O–H groups in total. The zero-order valence-corrected chi connectivity index (χ0v) is 20.3. The van der Waals surface area contributed by atoms with Crippen molar-refractivity contribution < 1.29 is 4.79 Å². The van der Waals surface area contributed by atoms with Crippen LogP contribution in [-0.2, 0) is 4.79 Å². The van der Waals surface area contributed by atoms with Gasteiger partial charge in [-0.1, -0.05) is 32.4 Å². The van der Waals surface area contributed by atoms with E-state index in [0.717, 1.165) is 47.6 Å². The quantitative estimate of drug-likeness (QED) is 0.354. The maximum absolute atomic E-state index is 13.8. The molecule has 0 aliphatic heterocycles. The minimum atomic E-state index is -0.353. The number of Topliss-reactive ketones (excluding diaryl/α,β-unsaturated/α-hetero) is 1. The topological polar surface area (TPSA) is 72.3 Å². The molecule has 0 spiro atoms. The summed E-state index contributed by atoms with van der Waals surface area (Å²) in [5, 5.41) is 1.61. The van der Waals surface area contributed by atoms with Gasteiger partial charge >= 0.3 is 0 Å². The lowest BCUT2D eigenvalue weighted by atomic mass is 9.49. The van der Waals surface area contributed by atoms with Gasteiger partial charge in [0.2, 0.25) is 0 Å². The zero-order valence-electron chi connectivity index (χ0n) is 20.3. The normalized spacial score (nSPS) is 41.8. The van der Waals surface area contributed by atoms with E-state index >= 15 is 0 Å². The van der Waals surface area contributed by atoms with Crippen molar-refractivity contribution in [2.75, 3.05) is 10.7 Å². The Balaban J connectivity index is 1.32. The molecule has 4 nitrogen and oxygen atoms in total. The minimum absolute atomic E-state index is 0.128. The first-order valence-corrected chi connectivity index (χ1v) is 13.2. The number of hydrazine groups is 1. The number of rotatable bonds is 4. The summed E-state index contributed by atoms with van der Waals surface area (Å²) in [6, 6.07) is 7.24. The number of nitrogen functional groups attached to an aromatic ring is 1. The number of carbonyl (C=O) groups excluding carboxylic acids is 1. The van der Waals surface area contributed by atoms with E-state index in [1.807, 2.05) is 31.2 Å². The number of hydrogen-bond acceptors (Lipinski definition) is 4. The lowest BCUT2D eigenvalue weighted by molar-refractivity contribution is -0.131. The van der Waals surface area contributed by atoms with Gasteiger partial charge in [-0.25, -0.2) is 5.84 Å². The zero-order chi connectivity index (χ0) is 22.6. The van der Waals surface area contributed by atoms with Crippen molar-refractivity contribution in [3.8, 4) is 0 Å². The van der Waals surface area contributed by atoms with Crippen LogP contribution in [-0.4, -0.2) is 11.8 Å². The Morgan fingerprint density at radius 3 is 2.56 bits per heavy atom. The van der Waals surface area contributed by atoms with Gasteiger partial charge in [-0.3, -0.25) is 9.80 Å². The highest BCUT2D eigenvalue weighted by Gasteiger charge is 2.58. The van der Waals surface area contributed by atoms with Gasteiger partial charge in [0, 0.05) is 5.92 Å². The molecule has 0 radical (unpaired) electrons. The lowest BCUT2D eigenvalue weighted by Gasteiger charge is -2.56. The van der Waals surface area contributed by atoms with Gasteiger partial charge in [-0.15, -0.1) is 0 Å². The molecule has 5 rings (SSSR count). The molecule has 4 fully saturated rings. The Morgan fingerprint density at radius 2 is 1.78 bits per heavy atom. The van der Waals surface area contributed by atoms with E-state index in [4.69, 9.17) is 11.6 Å². The Morgan fingerprint density at radius 1 is 1.03 bits per heavy atom. The first kappa shape index (κ1) is 22.3. The van der Waals surface area contributed by atoms with Crippen molar-refractivity contribution in [1.82, 2.24) is 0 Å². The summed E-state index contributed by atoms with van der Waals surface area (Å²) in [5.74, 6) is 12.2. The third-order valence-corrected chi connectivity index (χ3v) is 10.6. The van der Waals surface area contributed by atoms with E-state index < -0.39 is 0 Å². The monoisotopic (exact) mass is 437 g/mol. The summed E-state index contributed by atoms with van der Waals surface area (Å²) in [6.07, 6.45) is 12.0. The second kappa shape index (κ2) is 8.34. The van der Waals surface area contributed by atoms with Gasteiger partial charge < -0.3 is 5.73 Å². The third-order valence-electron chi connectivity index (χ3n) is 10.6. The van der Waals surface area contributed by atoms with Crippen molar-refractivity contribution in [1.29, 1.82) is 0 Å². The first-order chi connectivity index (χ1) is 15.3. The predicted molar refractivity (Wildman–Crippen MR) is 132 cm³/mol. The Hall–Kier alpha value is -1.55. The van der Waals surface area contributed by atoms with E-state index in [-0.39, 0.29) is 17.4 Å². The number of hydrogen-bond donors (Lipinski definition) is 2. The predicted octanol–water partition coefficient (Wildman–Crippen LogP) is 5.81. The number of nitrogens with two attached hydrogens (primary N) is 2. The van der Waals surface area contributed by atoms with E-state index in [1.54, 1.807) is 5.01 Å². The van der Waals surface area contributed by atoms with E-state index in [9.17, 15) is 4.79 Å². The number of para-hydroxylation sites is 2. The molecular formula is C28H43N3O. The molecule has 4 aliphatic carbocycles. The van der Waals surface area contributed by atoms with E-state index in [0.29, 0.717) is 11.5 Å². The van der Waals surface area contributed by atoms with Crippen molar-refractivity contribution >= 4 is 17.2 Å². The van der Waals surface area contributed by atoms with Crippen LogP contribution in [0, 0.1) is 46.8 Å². The fourth-order valence-electron chi connectivity index (χ4n) is 8.91. The van der Waals surface area contributed by atoms with Crippen LogP contribution >= 0.6 is 0 Å². The molecule has 0 bridgehead atoms. The summed E-state index contributed by atoms with van der Waals surface area (Å²) < 4.78 is 0. The summed E-state index contributed by atoms with van der Waals surface area (Å²) in [6.45, 7) is 6.87. The molecule has 0 amide bonds. The largest absolute Gasteiger partial charge is 0.397 e. The smallest absolute Gasteiger partial charge is 0.160 e. The number of ketones is 1. The van der Waals surface area contributed by atoms with Crippen molar-refractivity contribution in [3.63, 3.8) is 0 Å². The van der Waals surface area contributed by atoms with Gasteiger partial charge in [0.05, 0.1) is 11.4 Å². The van der Waals surface area contributed by atoms with Crippen LogP contribution in [0.15, 0.2) is 24.3 Å². The van der Waals surface area contributed by atoms with E-state index in [2.05, 4.69) is 13.8 Å². The van der Waals surface area contributed by atoms with Gasteiger partial charge in [0.25, 0.3) is 0 Å². The summed E-state index contributed by atoms with van der Waals surface area (Å²) in [5.41, 5.74) is 7.67. The molecule has 0 heterocycles. The molecule has 32 heavy (non-hydrogen) atoms. The molecule has 1 aromatic rings. The standard InChI is InChI=1S/C28H43N3O/c1-17-8-10-20-19(16-17)9-11-22-21(20)14-15-28(3)23(22)12-13-24(28)27(32)18(2)31(30)26-7-5-4-6-25(26)29/h4-7,17-24H,8-16,29-30H2,1-3H3/t17-,18?,19?,20?,21?,22?,23?,24?,28?/m0/s1. The fraction of sp³-hybridized carbons (Fsp3) is 0.750. The highest BCUT2D eigenvalue weighted by Crippen LogP contribution is 2.64. The Bertz CT molecular complexity index is 855. The van der Waals surface area contributed by atoms with Crippen LogP contribution in [0.4, 0.5) is 11.4 Å². The second-order valence-corrected chi connectivity index (χ2v) is 12.1. The maximum atomic E-state index is 13.8. The van der Waals surface area contributed by atoms with Crippen LogP contribution in [0.3, 0.4) is 0 Å². The summed E-state index contributed by atoms with van der Waals surface area (Å²) >= 11 is 0. The SMILES string of the molecule is CC(C(=O)C1CCC2C3CCC4C[C@@H](C)CCC4C3CCC12C)N(N)c1ccccc1N. The van der Waals surface area contributed by atoms with Crippen LogP contribution in [0.2, 0.25) is 0 Å². The average molecular weight is 438 g/mol. The van der Waals surface area contributed by atoms with Gasteiger partial charge in [-0.2, -0.15) is 0 Å². The highest BCUT2D eigenvalue weighted by molar-refractivity contribution is 5.90. The number of nitrogens with zero attached hydrogens (tertiary/aromatic N) is 1. The average Bonchev–Trinajstić information content (AvgIpc) is 3.14. The molecule has 4 heteroatoms. The first-order valence-electron chi connectivity index (χ1n) is 13.2. The van der Waals surface area contributed by atoms with Gasteiger partial charge in [0.15, 0.2) is 5.78 Å².